The Kier molecular flexibility index (Phi) is 5.48. The maximum atomic E-state index is 5.85. The van der Waals surface area contributed by atoms with Crippen molar-refractivity contribution >= 4 is 23.2 Å². The van der Waals surface area contributed by atoms with Gasteiger partial charge in [0.25, 0.3) is 0 Å². The molecule has 1 saturated heterocycles. The highest BCUT2D eigenvalue weighted by molar-refractivity contribution is 6.29. The smallest absolute Gasteiger partial charge is 0.133 e. The van der Waals surface area contributed by atoms with Crippen molar-refractivity contribution < 1.29 is 0 Å². The maximum absolute atomic E-state index is 5.85. The molecule has 2 aromatic rings. The lowest BCUT2D eigenvalue weighted by Crippen LogP contribution is -2.41. The largest absolute Gasteiger partial charge is 0.366 e. The molecule has 0 radical (unpaired) electrons. The average Bonchev–Trinajstić information content (AvgIpc) is 2.57. The van der Waals surface area contributed by atoms with Gasteiger partial charge in [0, 0.05) is 45.5 Å². The van der Waals surface area contributed by atoms with Crippen LogP contribution in [0.4, 0.5) is 11.6 Å². The molecule has 0 amide bonds. The number of pyridine rings is 1. The van der Waals surface area contributed by atoms with Gasteiger partial charge in [-0.1, -0.05) is 17.7 Å². The molecule has 7 heteroatoms. The Balaban J connectivity index is 1.59. The first-order valence-electron chi connectivity index (χ1n) is 8.19. The standard InChI is InChI=1S/C17H23ClN6/c1-23(2)17-8-16(20-12-21-17)22-14-4-3-7-24(11-14)10-13-5-6-15(18)19-9-13/h5-6,8-9,12,14H,3-4,7,10-11H2,1-2H3,(H,20,21,22). The zero-order valence-corrected chi connectivity index (χ0v) is 14.9. The molecule has 1 unspecified atom stereocenters. The normalized spacial score (nSPS) is 18.4. The Labute approximate surface area is 147 Å². The predicted octanol–water partition coefficient (Wildman–Crippen LogP) is 2.67. The fraction of sp³-hybridized carbons (Fsp3) is 0.471. The molecule has 0 saturated carbocycles. The molecule has 6 nitrogen and oxygen atoms in total. The molecule has 1 aliphatic heterocycles. The van der Waals surface area contributed by atoms with Crippen LogP contribution in [0.25, 0.3) is 0 Å². The summed E-state index contributed by atoms with van der Waals surface area (Å²) in [4.78, 5) is 17.2. The van der Waals surface area contributed by atoms with Crippen LogP contribution in [-0.2, 0) is 6.54 Å². The minimum Gasteiger partial charge on any atom is -0.366 e. The molecule has 24 heavy (non-hydrogen) atoms. The SMILES string of the molecule is CN(C)c1cc(NC2CCCN(Cc3ccc(Cl)nc3)C2)ncn1. The van der Waals surface area contributed by atoms with Crippen LogP contribution in [0.5, 0.6) is 0 Å². The second-order valence-electron chi connectivity index (χ2n) is 6.36. The van der Waals surface area contributed by atoms with E-state index in [0.717, 1.165) is 37.7 Å². The van der Waals surface area contributed by atoms with Gasteiger partial charge in [-0.3, -0.25) is 4.90 Å². The lowest BCUT2D eigenvalue weighted by Gasteiger charge is -2.33. The van der Waals surface area contributed by atoms with E-state index in [1.807, 2.05) is 43.4 Å². The van der Waals surface area contributed by atoms with Crippen molar-refractivity contribution in [2.45, 2.75) is 25.4 Å². The van der Waals surface area contributed by atoms with E-state index in [1.54, 1.807) is 6.33 Å². The van der Waals surface area contributed by atoms with Gasteiger partial charge < -0.3 is 10.2 Å². The molecule has 0 spiro atoms. The minimum atomic E-state index is 0.393. The number of aromatic nitrogens is 3. The third kappa shape index (κ3) is 4.55. The summed E-state index contributed by atoms with van der Waals surface area (Å²) < 4.78 is 0. The predicted molar refractivity (Wildman–Crippen MR) is 97.5 cm³/mol. The first-order chi connectivity index (χ1) is 11.6. The van der Waals surface area contributed by atoms with Crippen molar-refractivity contribution in [1.82, 2.24) is 19.9 Å². The monoisotopic (exact) mass is 346 g/mol. The Bertz CT molecular complexity index is 660. The first-order valence-corrected chi connectivity index (χ1v) is 8.56. The van der Waals surface area contributed by atoms with Crippen LogP contribution in [0.3, 0.4) is 0 Å². The summed E-state index contributed by atoms with van der Waals surface area (Å²) in [7, 11) is 3.96. The lowest BCUT2D eigenvalue weighted by atomic mass is 10.1. The van der Waals surface area contributed by atoms with Crippen LogP contribution >= 0.6 is 11.6 Å². The second kappa shape index (κ2) is 7.77. The summed E-state index contributed by atoms with van der Waals surface area (Å²) in [6.07, 6.45) is 5.78. The molecule has 1 atom stereocenters. The van der Waals surface area contributed by atoms with Gasteiger partial charge >= 0.3 is 0 Å². The number of hydrogen-bond acceptors (Lipinski definition) is 6. The van der Waals surface area contributed by atoms with Gasteiger partial charge in [-0.2, -0.15) is 0 Å². The first kappa shape index (κ1) is 16.9. The third-order valence-corrected chi connectivity index (χ3v) is 4.39. The summed E-state index contributed by atoms with van der Waals surface area (Å²) in [6.45, 7) is 2.99. The van der Waals surface area contributed by atoms with Crippen LogP contribution in [0.15, 0.2) is 30.7 Å². The number of nitrogens with one attached hydrogen (secondary N) is 1. The lowest BCUT2D eigenvalue weighted by molar-refractivity contribution is 0.208. The van der Waals surface area contributed by atoms with Crippen LogP contribution in [0, 0.1) is 0 Å². The van der Waals surface area contributed by atoms with Gasteiger partial charge in [0.1, 0.15) is 23.1 Å². The number of halogens is 1. The van der Waals surface area contributed by atoms with Gasteiger partial charge in [0.2, 0.25) is 0 Å². The van der Waals surface area contributed by atoms with Crippen LogP contribution in [0.1, 0.15) is 18.4 Å². The van der Waals surface area contributed by atoms with Gasteiger partial charge in [-0.15, -0.1) is 0 Å². The maximum Gasteiger partial charge on any atom is 0.133 e. The zero-order chi connectivity index (χ0) is 16.9. The Morgan fingerprint density at radius 1 is 1.29 bits per heavy atom. The Morgan fingerprint density at radius 3 is 2.92 bits per heavy atom. The number of piperidine rings is 1. The van der Waals surface area contributed by atoms with Crippen molar-refractivity contribution in [2.24, 2.45) is 0 Å². The fourth-order valence-electron chi connectivity index (χ4n) is 2.95. The van der Waals surface area contributed by atoms with E-state index >= 15 is 0 Å². The molecule has 128 valence electrons. The van der Waals surface area contributed by atoms with Crippen LogP contribution in [-0.4, -0.2) is 53.1 Å². The average molecular weight is 347 g/mol. The van der Waals surface area contributed by atoms with E-state index in [0.29, 0.717) is 11.2 Å². The summed E-state index contributed by atoms with van der Waals surface area (Å²) in [5.41, 5.74) is 1.19. The van der Waals surface area contributed by atoms with Gasteiger partial charge in [0.05, 0.1) is 0 Å². The van der Waals surface area contributed by atoms with E-state index < -0.39 is 0 Å². The molecule has 1 fully saturated rings. The molecule has 1 aliphatic rings. The highest BCUT2D eigenvalue weighted by Crippen LogP contribution is 2.18. The van der Waals surface area contributed by atoms with E-state index in [9.17, 15) is 0 Å². The van der Waals surface area contributed by atoms with Crippen molar-refractivity contribution in [2.75, 3.05) is 37.4 Å². The van der Waals surface area contributed by atoms with Crippen LogP contribution in [0.2, 0.25) is 5.15 Å². The summed E-state index contributed by atoms with van der Waals surface area (Å²) in [6, 6.07) is 6.27. The number of nitrogens with zero attached hydrogens (tertiary/aromatic N) is 5. The summed E-state index contributed by atoms with van der Waals surface area (Å²) in [5, 5.41) is 4.08. The molecular formula is C17H23ClN6. The molecule has 0 aromatic carbocycles. The van der Waals surface area contributed by atoms with Crippen molar-refractivity contribution in [3.63, 3.8) is 0 Å². The fourth-order valence-corrected chi connectivity index (χ4v) is 3.07. The van der Waals surface area contributed by atoms with Crippen molar-refractivity contribution in [3.8, 4) is 0 Å². The Hall–Kier alpha value is -1.92. The molecule has 3 rings (SSSR count). The van der Waals surface area contributed by atoms with E-state index in [4.69, 9.17) is 11.6 Å². The number of hydrogen-bond donors (Lipinski definition) is 1. The molecule has 3 heterocycles. The topological polar surface area (TPSA) is 57.2 Å². The molecule has 1 N–H and O–H groups in total. The highest BCUT2D eigenvalue weighted by Gasteiger charge is 2.20. The third-order valence-electron chi connectivity index (χ3n) is 4.16. The second-order valence-corrected chi connectivity index (χ2v) is 6.75. The van der Waals surface area contributed by atoms with E-state index in [-0.39, 0.29) is 0 Å². The van der Waals surface area contributed by atoms with Crippen molar-refractivity contribution in [3.05, 3.63) is 41.4 Å². The molecule has 0 bridgehead atoms. The van der Waals surface area contributed by atoms with Crippen molar-refractivity contribution in [1.29, 1.82) is 0 Å². The quantitative estimate of drug-likeness (QED) is 0.840. The minimum absolute atomic E-state index is 0.393. The van der Waals surface area contributed by atoms with E-state index in [1.165, 1.54) is 12.0 Å². The number of rotatable bonds is 5. The summed E-state index contributed by atoms with van der Waals surface area (Å²) in [5.74, 6) is 1.79. The van der Waals surface area contributed by atoms with Crippen LogP contribution < -0.4 is 10.2 Å². The van der Waals surface area contributed by atoms with Gasteiger partial charge in [-0.05, 0) is 31.0 Å². The van der Waals surface area contributed by atoms with E-state index in [2.05, 4.69) is 25.2 Å². The number of likely N-dealkylation sites (tertiary alicyclic amines) is 1. The number of anilines is 2. The molecule has 2 aromatic heterocycles. The summed E-state index contributed by atoms with van der Waals surface area (Å²) >= 11 is 5.85. The zero-order valence-electron chi connectivity index (χ0n) is 14.1. The molecular weight excluding hydrogens is 324 g/mol. The highest BCUT2D eigenvalue weighted by atomic mass is 35.5. The molecule has 0 aliphatic carbocycles. The van der Waals surface area contributed by atoms with Gasteiger partial charge in [-0.25, -0.2) is 15.0 Å². The van der Waals surface area contributed by atoms with Gasteiger partial charge in [0.15, 0.2) is 0 Å². The Morgan fingerprint density at radius 2 is 2.17 bits per heavy atom.